The summed E-state index contributed by atoms with van der Waals surface area (Å²) in [5.74, 6) is 1.32. The first kappa shape index (κ1) is 17.5. The maximum atomic E-state index is 13.3. The molecule has 140 valence electrons. The number of hydrogen-bond donors (Lipinski definition) is 0. The predicted octanol–water partition coefficient (Wildman–Crippen LogP) is 2.75. The maximum Gasteiger partial charge on any atom is 0.257 e. The molecule has 0 bridgehead atoms. The first-order valence-electron chi connectivity index (χ1n) is 9.10. The first-order valence-corrected chi connectivity index (χ1v) is 9.10. The Morgan fingerprint density at radius 1 is 1.11 bits per heavy atom. The third-order valence-electron chi connectivity index (χ3n) is 5.42. The molecule has 1 aliphatic rings. The second-order valence-corrected chi connectivity index (χ2v) is 7.18. The lowest BCUT2D eigenvalue weighted by atomic mass is 9.89. The molecular weight excluding hydrogens is 342 g/mol. The van der Waals surface area contributed by atoms with Crippen molar-refractivity contribution >= 4 is 5.91 Å². The van der Waals surface area contributed by atoms with Gasteiger partial charge < -0.3 is 9.42 Å². The van der Waals surface area contributed by atoms with Gasteiger partial charge in [0.1, 0.15) is 0 Å². The van der Waals surface area contributed by atoms with Gasteiger partial charge in [-0.1, -0.05) is 35.5 Å². The Morgan fingerprint density at radius 3 is 2.41 bits per heavy atom. The van der Waals surface area contributed by atoms with Crippen LogP contribution >= 0.6 is 0 Å². The number of rotatable bonds is 3. The van der Waals surface area contributed by atoms with Crippen molar-refractivity contribution in [3.63, 3.8) is 0 Å². The summed E-state index contributed by atoms with van der Waals surface area (Å²) >= 11 is 0. The number of hydrogen-bond acceptors (Lipinski definition) is 5. The molecule has 0 N–H and O–H groups in total. The summed E-state index contributed by atoms with van der Waals surface area (Å²) < 4.78 is 7.23. The zero-order valence-corrected chi connectivity index (χ0v) is 16.0. The van der Waals surface area contributed by atoms with Gasteiger partial charge in [0.25, 0.3) is 5.91 Å². The molecule has 1 aromatic carbocycles. The summed E-state index contributed by atoms with van der Waals surface area (Å²) in [6.07, 6.45) is 0. The van der Waals surface area contributed by atoms with Crippen LogP contribution in [0.5, 0.6) is 0 Å². The molecular formula is C20H23N5O2. The summed E-state index contributed by atoms with van der Waals surface area (Å²) in [5, 5.41) is 8.34. The smallest absolute Gasteiger partial charge is 0.257 e. The Morgan fingerprint density at radius 2 is 1.81 bits per heavy atom. The van der Waals surface area contributed by atoms with Gasteiger partial charge in [-0.25, -0.2) is 0 Å². The second-order valence-electron chi connectivity index (χ2n) is 7.18. The lowest BCUT2D eigenvalue weighted by molar-refractivity contribution is 0.0786. The molecule has 1 saturated heterocycles. The lowest BCUT2D eigenvalue weighted by Gasteiger charge is -2.17. The van der Waals surface area contributed by atoms with Crippen LogP contribution in [0.25, 0.3) is 0 Å². The molecule has 0 saturated carbocycles. The van der Waals surface area contributed by atoms with Crippen molar-refractivity contribution in [2.24, 2.45) is 7.05 Å². The summed E-state index contributed by atoms with van der Waals surface area (Å²) in [7, 11) is 1.86. The summed E-state index contributed by atoms with van der Waals surface area (Å²) in [5.41, 5.74) is 3.50. The molecule has 0 unspecified atom stereocenters. The minimum Gasteiger partial charge on any atom is -0.339 e. The Labute approximate surface area is 158 Å². The topological polar surface area (TPSA) is 77.0 Å². The third-order valence-corrected chi connectivity index (χ3v) is 5.42. The van der Waals surface area contributed by atoms with E-state index in [0.29, 0.717) is 30.4 Å². The molecule has 1 aliphatic heterocycles. The molecule has 7 heteroatoms. The number of amides is 1. The number of aromatic nitrogens is 4. The standard InChI is InChI=1S/C20H23N5O2/c1-12-18(13(2)24(4)22-12)20(26)25-10-16(15-8-6-5-7-9-15)17(11-25)19-21-14(3)23-27-19/h5-9,16-17H,10-11H2,1-4H3/t16-,17-/m0/s1. The van der Waals surface area contributed by atoms with Crippen LogP contribution in [0.1, 0.15) is 50.9 Å². The Kier molecular flexibility index (Phi) is 4.30. The van der Waals surface area contributed by atoms with Crippen molar-refractivity contribution in [1.82, 2.24) is 24.8 Å². The average molecular weight is 365 g/mol. The van der Waals surface area contributed by atoms with Gasteiger partial charge in [0.15, 0.2) is 5.82 Å². The molecule has 27 heavy (non-hydrogen) atoms. The normalized spacial score (nSPS) is 19.6. The molecule has 4 rings (SSSR count). The third kappa shape index (κ3) is 3.03. The van der Waals surface area contributed by atoms with E-state index in [1.165, 1.54) is 5.56 Å². The van der Waals surface area contributed by atoms with Crippen molar-refractivity contribution in [3.8, 4) is 0 Å². The molecule has 0 radical (unpaired) electrons. The van der Waals surface area contributed by atoms with Crippen LogP contribution in [0.15, 0.2) is 34.9 Å². The van der Waals surface area contributed by atoms with E-state index in [9.17, 15) is 4.79 Å². The highest BCUT2D eigenvalue weighted by Crippen LogP contribution is 2.39. The quantitative estimate of drug-likeness (QED) is 0.713. The molecule has 3 heterocycles. The largest absolute Gasteiger partial charge is 0.339 e. The molecule has 7 nitrogen and oxygen atoms in total. The van der Waals surface area contributed by atoms with E-state index in [4.69, 9.17) is 4.52 Å². The summed E-state index contributed by atoms with van der Waals surface area (Å²) in [6.45, 7) is 6.78. The highest BCUT2D eigenvalue weighted by molar-refractivity contribution is 5.96. The first-order chi connectivity index (χ1) is 13.0. The van der Waals surface area contributed by atoms with E-state index in [-0.39, 0.29) is 17.7 Å². The maximum absolute atomic E-state index is 13.3. The number of carbonyl (C=O) groups is 1. The van der Waals surface area contributed by atoms with Gasteiger partial charge in [0.05, 0.1) is 17.2 Å². The van der Waals surface area contributed by atoms with Crippen LogP contribution in [0.3, 0.4) is 0 Å². The zero-order valence-electron chi connectivity index (χ0n) is 16.0. The van der Waals surface area contributed by atoms with E-state index in [0.717, 1.165) is 11.4 Å². The number of nitrogens with zero attached hydrogens (tertiary/aromatic N) is 5. The fourth-order valence-corrected chi connectivity index (χ4v) is 3.96. The monoisotopic (exact) mass is 365 g/mol. The average Bonchev–Trinajstić information content (AvgIpc) is 3.34. The van der Waals surface area contributed by atoms with E-state index in [1.807, 2.05) is 50.9 Å². The summed E-state index contributed by atoms with van der Waals surface area (Å²) in [6, 6.07) is 10.2. The highest BCUT2D eigenvalue weighted by Gasteiger charge is 2.41. The summed E-state index contributed by atoms with van der Waals surface area (Å²) in [4.78, 5) is 19.6. The number of carbonyl (C=O) groups excluding carboxylic acids is 1. The van der Waals surface area contributed by atoms with Crippen LogP contribution in [0, 0.1) is 20.8 Å². The molecule has 2 aromatic heterocycles. The Bertz CT molecular complexity index is 976. The van der Waals surface area contributed by atoms with Crippen LogP contribution in [0.4, 0.5) is 0 Å². The van der Waals surface area contributed by atoms with Crippen molar-refractivity contribution in [2.45, 2.75) is 32.6 Å². The van der Waals surface area contributed by atoms with Gasteiger partial charge in [0, 0.05) is 31.7 Å². The predicted molar refractivity (Wildman–Crippen MR) is 99.5 cm³/mol. The number of likely N-dealkylation sites (tertiary alicyclic amines) is 1. The van der Waals surface area contributed by atoms with E-state index in [1.54, 1.807) is 4.68 Å². The van der Waals surface area contributed by atoms with Gasteiger partial charge in [-0.3, -0.25) is 9.48 Å². The van der Waals surface area contributed by atoms with Crippen molar-refractivity contribution in [1.29, 1.82) is 0 Å². The Balaban J connectivity index is 1.69. The highest BCUT2D eigenvalue weighted by atomic mass is 16.5. The minimum atomic E-state index is -0.0187. The number of aryl methyl sites for hydroxylation is 3. The fourth-order valence-electron chi connectivity index (χ4n) is 3.96. The van der Waals surface area contributed by atoms with Gasteiger partial charge in [-0.2, -0.15) is 10.1 Å². The van der Waals surface area contributed by atoms with Crippen LogP contribution < -0.4 is 0 Å². The van der Waals surface area contributed by atoms with Crippen LogP contribution in [-0.2, 0) is 7.05 Å². The van der Waals surface area contributed by atoms with Crippen LogP contribution in [-0.4, -0.2) is 43.8 Å². The van der Waals surface area contributed by atoms with E-state index < -0.39 is 0 Å². The second kappa shape index (κ2) is 6.64. The lowest BCUT2D eigenvalue weighted by Crippen LogP contribution is -2.29. The van der Waals surface area contributed by atoms with Crippen LogP contribution in [0.2, 0.25) is 0 Å². The molecule has 0 spiro atoms. The molecule has 0 aliphatic carbocycles. The zero-order chi connectivity index (χ0) is 19.1. The molecule has 3 aromatic rings. The van der Waals surface area contributed by atoms with Crippen molar-refractivity contribution in [2.75, 3.05) is 13.1 Å². The molecule has 1 amide bonds. The fraction of sp³-hybridized carbons (Fsp3) is 0.400. The van der Waals surface area contributed by atoms with E-state index >= 15 is 0 Å². The van der Waals surface area contributed by atoms with Gasteiger partial charge >= 0.3 is 0 Å². The SMILES string of the molecule is Cc1noc([C@H]2CN(C(=O)c3c(C)nn(C)c3C)C[C@H]2c2ccccc2)n1. The number of benzene rings is 1. The van der Waals surface area contributed by atoms with E-state index in [2.05, 4.69) is 27.4 Å². The van der Waals surface area contributed by atoms with Gasteiger partial charge in [-0.05, 0) is 26.3 Å². The molecule has 1 fully saturated rings. The van der Waals surface area contributed by atoms with Gasteiger partial charge in [-0.15, -0.1) is 0 Å². The Hall–Kier alpha value is -2.96. The van der Waals surface area contributed by atoms with Gasteiger partial charge in [0.2, 0.25) is 5.89 Å². The minimum absolute atomic E-state index is 0.0118. The van der Waals surface area contributed by atoms with Crippen molar-refractivity contribution < 1.29 is 9.32 Å². The van der Waals surface area contributed by atoms with Crippen molar-refractivity contribution in [3.05, 3.63) is 64.6 Å². The molecule has 2 atom stereocenters.